The van der Waals surface area contributed by atoms with Gasteiger partial charge in [-0.1, -0.05) is 24.3 Å². The van der Waals surface area contributed by atoms with Crippen molar-refractivity contribution in [2.24, 2.45) is 0 Å². The number of nitrogens with zero attached hydrogens (tertiary/aromatic N) is 1. The van der Waals surface area contributed by atoms with Crippen molar-refractivity contribution in [3.05, 3.63) is 78.2 Å². The summed E-state index contributed by atoms with van der Waals surface area (Å²) >= 11 is 0. The molecular formula is C19H15FN2O2. The van der Waals surface area contributed by atoms with Gasteiger partial charge in [0.2, 0.25) is 0 Å². The van der Waals surface area contributed by atoms with E-state index in [1.807, 2.05) is 12.1 Å². The number of para-hydroxylation sites is 2. The third kappa shape index (κ3) is 3.41. The number of ether oxygens (including phenoxy) is 1. The van der Waals surface area contributed by atoms with Crippen molar-refractivity contribution in [1.29, 1.82) is 0 Å². The topological polar surface area (TPSA) is 51.2 Å². The number of halogens is 1. The minimum absolute atomic E-state index is 0.294. The Balaban J connectivity index is 1.79. The number of aromatic nitrogens is 1. The van der Waals surface area contributed by atoms with E-state index in [1.54, 1.807) is 43.5 Å². The number of methoxy groups -OCH3 is 1. The number of benzene rings is 2. The molecule has 0 radical (unpaired) electrons. The number of carbonyl (C=O) groups excluding carboxylic acids is 1. The lowest BCUT2D eigenvalue weighted by molar-refractivity contribution is 0.102. The maximum atomic E-state index is 13.3. The van der Waals surface area contributed by atoms with Crippen molar-refractivity contribution in [2.75, 3.05) is 12.4 Å². The van der Waals surface area contributed by atoms with E-state index in [4.69, 9.17) is 4.74 Å². The largest absolute Gasteiger partial charge is 0.495 e. The Morgan fingerprint density at radius 1 is 1.08 bits per heavy atom. The molecule has 0 unspecified atom stereocenters. The van der Waals surface area contributed by atoms with Gasteiger partial charge in [0.1, 0.15) is 11.6 Å². The highest BCUT2D eigenvalue weighted by Gasteiger charge is 2.10. The van der Waals surface area contributed by atoms with Crippen LogP contribution in [0.4, 0.5) is 10.1 Å². The van der Waals surface area contributed by atoms with Gasteiger partial charge in [-0.15, -0.1) is 0 Å². The van der Waals surface area contributed by atoms with E-state index in [0.717, 1.165) is 0 Å². The molecule has 5 heteroatoms. The molecule has 0 aliphatic rings. The predicted molar refractivity (Wildman–Crippen MR) is 90.6 cm³/mol. The first-order valence-corrected chi connectivity index (χ1v) is 7.34. The number of carbonyl (C=O) groups is 1. The first-order chi connectivity index (χ1) is 11.7. The molecule has 24 heavy (non-hydrogen) atoms. The molecule has 0 saturated heterocycles. The van der Waals surface area contributed by atoms with Gasteiger partial charge in [0.25, 0.3) is 5.91 Å². The van der Waals surface area contributed by atoms with Crippen molar-refractivity contribution >= 4 is 11.6 Å². The molecule has 0 bridgehead atoms. The van der Waals surface area contributed by atoms with E-state index < -0.39 is 0 Å². The normalized spacial score (nSPS) is 10.2. The molecule has 1 amide bonds. The fraction of sp³-hybridized carbons (Fsp3) is 0.0526. The summed E-state index contributed by atoms with van der Waals surface area (Å²) in [4.78, 5) is 16.6. The Kier molecular flexibility index (Phi) is 4.52. The summed E-state index contributed by atoms with van der Waals surface area (Å²) in [5, 5.41) is 2.78. The monoisotopic (exact) mass is 322 g/mol. The molecule has 1 N–H and O–H groups in total. The van der Waals surface area contributed by atoms with Crippen molar-refractivity contribution in [3.63, 3.8) is 0 Å². The molecule has 0 aliphatic carbocycles. The molecular weight excluding hydrogens is 307 g/mol. The maximum Gasteiger partial charge on any atom is 0.257 e. The van der Waals surface area contributed by atoms with Crippen LogP contribution in [0.1, 0.15) is 10.4 Å². The molecule has 120 valence electrons. The molecule has 0 saturated carbocycles. The number of nitrogens with one attached hydrogen (secondary N) is 1. The predicted octanol–water partition coefficient (Wildman–Crippen LogP) is 4.15. The van der Waals surface area contributed by atoms with Gasteiger partial charge < -0.3 is 10.1 Å². The number of pyridine rings is 1. The lowest BCUT2D eigenvalue weighted by Crippen LogP contribution is -2.12. The van der Waals surface area contributed by atoms with E-state index >= 15 is 0 Å². The van der Waals surface area contributed by atoms with Crippen LogP contribution in [0.5, 0.6) is 5.75 Å². The van der Waals surface area contributed by atoms with Gasteiger partial charge in [-0.05, 0) is 36.4 Å². The second kappa shape index (κ2) is 6.91. The zero-order chi connectivity index (χ0) is 16.9. The van der Waals surface area contributed by atoms with Crippen LogP contribution in [0.2, 0.25) is 0 Å². The molecule has 4 nitrogen and oxygen atoms in total. The highest BCUT2D eigenvalue weighted by Crippen LogP contribution is 2.24. The molecule has 3 aromatic rings. The van der Waals surface area contributed by atoms with Crippen molar-refractivity contribution in [1.82, 2.24) is 4.98 Å². The standard InChI is InChI=1S/C19H15FN2O2/c1-24-18-8-3-2-7-17(18)22-19(23)14-9-10-16(21-12-14)13-5-4-6-15(20)11-13/h2-12H,1H3,(H,22,23). The van der Waals surface area contributed by atoms with E-state index in [2.05, 4.69) is 10.3 Å². The molecule has 1 heterocycles. The zero-order valence-corrected chi connectivity index (χ0v) is 13.0. The maximum absolute atomic E-state index is 13.3. The minimum Gasteiger partial charge on any atom is -0.495 e. The van der Waals surface area contributed by atoms with Crippen molar-refractivity contribution < 1.29 is 13.9 Å². The number of rotatable bonds is 4. The van der Waals surface area contributed by atoms with Crippen LogP contribution in [-0.2, 0) is 0 Å². The fourth-order valence-electron chi connectivity index (χ4n) is 2.29. The van der Waals surface area contributed by atoms with E-state index in [0.29, 0.717) is 28.3 Å². The van der Waals surface area contributed by atoms with Crippen LogP contribution < -0.4 is 10.1 Å². The van der Waals surface area contributed by atoms with E-state index in [-0.39, 0.29) is 11.7 Å². The fourth-order valence-corrected chi connectivity index (χ4v) is 2.29. The van der Waals surface area contributed by atoms with Gasteiger partial charge in [-0.2, -0.15) is 0 Å². The average molecular weight is 322 g/mol. The molecule has 0 aliphatic heterocycles. The summed E-state index contributed by atoms with van der Waals surface area (Å²) in [5.74, 6) is -0.0414. The van der Waals surface area contributed by atoms with Gasteiger partial charge in [-0.25, -0.2) is 4.39 Å². The van der Waals surface area contributed by atoms with Gasteiger partial charge >= 0.3 is 0 Å². The second-order valence-corrected chi connectivity index (χ2v) is 5.10. The summed E-state index contributed by atoms with van der Waals surface area (Å²) in [6, 6.07) is 16.6. The third-order valence-corrected chi connectivity index (χ3v) is 3.50. The van der Waals surface area contributed by atoms with E-state index in [1.165, 1.54) is 18.3 Å². The molecule has 1 aromatic heterocycles. The highest BCUT2D eigenvalue weighted by molar-refractivity contribution is 6.04. The first-order valence-electron chi connectivity index (χ1n) is 7.34. The summed E-state index contributed by atoms with van der Waals surface area (Å²) in [5.41, 5.74) is 2.25. The summed E-state index contributed by atoms with van der Waals surface area (Å²) < 4.78 is 18.5. The number of hydrogen-bond donors (Lipinski definition) is 1. The molecule has 0 fully saturated rings. The number of anilines is 1. The lowest BCUT2D eigenvalue weighted by Gasteiger charge is -2.10. The zero-order valence-electron chi connectivity index (χ0n) is 13.0. The number of amides is 1. The highest BCUT2D eigenvalue weighted by atomic mass is 19.1. The molecule has 2 aromatic carbocycles. The quantitative estimate of drug-likeness (QED) is 0.785. The Bertz CT molecular complexity index is 863. The van der Waals surface area contributed by atoms with Gasteiger partial charge in [0.05, 0.1) is 24.1 Å². The van der Waals surface area contributed by atoms with Crippen LogP contribution in [0, 0.1) is 5.82 Å². The van der Waals surface area contributed by atoms with Gasteiger partial charge in [-0.3, -0.25) is 9.78 Å². The first kappa shape index (κ1) is 15.7. The van der Waals surface area contributed by atoms with Crippen LogP contribution >= 0.6 is 0 Å². The van der Waals surface area contributed by atoms with Crippen LogP contribution in [0.15, 0.2) is 66.9 Å². The van der Waals surface area contributed by atoms with Gasteiger partial charge in [0.15, 0.2) is 0 Å². The SMILES string of the molecule is COc1ccccc1NC(=O)c1ccc(-c2cccc(F)c2)nc1. The van der Waals surface area contributed by atoms with Crippen molar-refractivity contribution in [2.45, 2.75) is 0 Å². The minimum atomic E-state index is -0.327. The van der Waals surface area contributed by atoms with Gasteiger partial charge in [0, 0.05) is 11.8 Å². The molecule has 3 rings (SSSR count). The molecule has 0 spiro atoms. The molecule has 0 atom stereocenters. The Labute approximate surface area is 138 Å². The Morgan fingerprint density at radius 2 is 1.92 bits per heavy atom. The summed E-state index contributed by atoms with van der Waals surface area (Å²) in [7, 11) is 1.54. The number of hydrogen-bond acceptors (Lipinski definition) is 3. The summed E-state index contributed by atoms with van der Waals surface area (Å²) in [6.07, 6.45) is 1.46. The van der Waals surface area contributed by atoms with Crippen LogP contribution in [-0.4, -0.2) is 18.0 Å². The van der Waals surface area contributed by atoms with E-state index in [9.17, 15) is 9.18 Å². The second-order valence-electron chi connectivity index (χ2n) is 5.10. The smallest absolute Gasteiger partial charge is 0.257 e. The third-order valence-electron chi connectivity index (χ3n) is 3.50. The lowest BCUT2D eigenvalue weighted by atomic mass is 10.1. The van der Waals surface area contributed by atoms with Crippen LogP contribution in [0.3, 0.4) is 0 Å². The van der Waals surface area contributed by atoms with Crippen LogP contribution in [0.25, 0.3) is 11.3 Å². The Hall–Kier alpha value is -3.21. The average Bonchev–Trinajstić information content (AvgIpc) is 2.62. The van der Waals surface area contributed by atoms with Crippen molar-refractivity contribution in [3.8, 4) is 17.0 Å². The summed E-state index contributed by atoms with van der Waals surface area (Å²) in [6.45, 7) is 0. The Morgan fingerprint density at radius 3 is 2.62 bits per heavy atom.